The zero-order valence-electron chi connectivity index (χ0n) is 16.4. The van der Waals surface area contributed by atoms with Gasteiger partial charge in [0.05, 0.1) is 12.9 Å². The van der Waals surface area contributed by atoms with Crippen molar-refractivity contribution < 1.29 is 4.79 Å². The van der Waals surface area contributed by atoms with Gasteiger partial charge in [0.2, 0.25) is 5.95 Å². The number of benzene rings is 1. The summed E-state index contributed by atoms with van der Waals surface area (Å²) in [5.41, 5.74) is -0.196. The average molecular weight is 407 g/mol. The number of hydrogen-bond acceptors (Lipinski definition) is 6. The van der Waals surface area contributed by atoms with E-state index < -0.39 is 11.2 Å². The lowest BCUT2D eigenvalue weighted by Gasteiger charge is -2.10. The quantitative estimate of drug-likeness (QED) is 0.332. The van der Waals surface area contributed by atoms with Crippen molar-refractivity contribution in [1.29, 1.82) is 0 Å². The van der Waals surface area contributed by atoms with E-state index in [0.717, 1.165) is 13.0 Å². The Morgan fingerprint density at radius 2 is 2.00 bits per heavy atom. The van der Waals surface area contributed by atoms with Crippen molar-refractivity contribution in [2.75, 3.05) is 11.9 Å². The minimum atomic E-state index is -0.576. The van der Waals surface area contributed by atoms with E-state index in [4.69, 9.17) is 0 Å². The van der Waals surface area contributed by atoms with Gasteiger partial charge in [-0.3, -0.25) is 23.7 Å². The number of carbonyl (C=O) groups excluding carboxylic acids is 1. The van der Waals surface area contributed by atoms with Gasteiger partial charge >= 0.3 is 5.69 Å². The van der Waals surface area contributed by atoms with E-state index in [-0.39, 0.29) is 23.5 Å². The number of H-pyrrole nitrogens is 1. The van der Waals surface area contributed by atoms with Gasteiger partial charge in [-0.15, -0.1) is 0 Å². The summed E-state index contributed by atoms with van der Waals surface area (Å²) in [6.45, 7) is 1.24. The number of carbonyl (C=O) groups is 1. The highest BCUT2D eigenvalue weighted by Gasteiger charge is 2.19. The van der Waals surface area contributed by atoms with E-state index in [1.54, 1.807) is 36.8 Å². The molecular weight excluding hydrogens is 386 g/mol. The van der Waals surface area contributed by atoms with Gasteiger partial charge in [0.25, 0.3) is 5.56 Å². The Morgan fingerprint density at radius 1 is 1.20 bits per heavy atom. The van der Waals surface area contributed by atoms with Gasteiger partial charge in [0.15, 0.2) is 16.9 Å². The second-order valence-electron chi connectivity index (χ2n) is 6.88. The largest absolute Gasteiger partial charge is 0.355 e. The van der Waals surface area contributed by atoms with E-state index in [0.29, 0.717) is 18.1 Å². The molecule has 0 amide bonds. The molecule has 1 aromatic carbocycles. The number of fused-ring (bicyclic) bond motifs is 1. The first-order valence-electron chi connectivity index (χ1n) is 9.52. The number of hydrogen-bond donors (Lipinski definition) is 2. The van der Waals surface area contributed by atoms with Crippen LogP contribution in [0.2, 0.25) is 0 Å². The predicted octanol–water partition coefficient (Wildman–Crippen LogP) is 1.00. The Bertz CT molecular complexity index is 1280. The summed E-state index contributed by atoms with van der Waals surface area (Å²) in [6, 6.07) is 8.84. The molecule has 3 heterocycles. The van der Waals surface area contributed by atoms with Crippen LogP contribution < -0.4 is 16.6 Å². The van der Waals surface area contributed by atoms with Crippen molar-refractivity contribution in [3.63, 3.8) is 0 Å². The van der Waals surface area contributed by atoms with Gasteiger partial charge in [0, 0.05) is 38.1 Å². The van der Waals surface area contributed by atoms with E-state index >= 15 is 0 Å². The molecule has 0 spiro atoms. The third-order valence-electron chi connectivity index (χ3n) is 4.84. The number of nitrogens with one attached hydrogen (secondary N) is 2. The van der Waals surface area contributed by atoms with Crippen LogP contribution in [0.15, 0.2) is 58.6 Å². The maximum absolute atomic E-state index is 12.8. The second-order valence-corrected chi connectivity index (χ2v) is 6.88. The number of aryl methyl sites for hydroxylation is 2. The molecule has 4 aromatic rings. The molecular formula is C20H21N7O3. The summed E-state index contributed by atoms with van der Waals surface area (Å²) in [4.78, 5) is 48.0. The number of imidazole rings is 2. The lowest BCUT2D eigenvalue weighted by Crippen LogP contribution is -2.29. The highest BCUT2D eigenvalue weighted by molar-refractivity contribution is 5.96. The Balaban J connectivity index is 1.65. The fourth-order valence-electron chi connectivity index (χ4n) is 3.26. The van der Waals surface area contributed by atoms with Crippen molar-refractivity contribution in [3.8, 4) is 0 Å². The van der Waals surface area contributed by atoms with Crippen LogP contribution in [-0.2, 0) is 20.1 Å². The summed E-state index contributed by atoms with van der Waals surface area (Å²) in [6.07, 6.45) is 6.11. The van der Waals surface area contributed by atoms with Crippen LogP contribution in [-0.4, -0.2) is 41.0 Å². The highest BCUT2D eigenvalue weighted by Crippen LogP contribution is 2.16. The summed E-state index contributed by atoms with van der Waals surface area (Å²) >= 11 is 0. The lowest BCUT2D eigenvalue weighted by molar-refractivity contribution is 0.0974. The minimum Gasteiger partial charge on any atom is -0.355 e. The van der Waals surface area contributed by atoms with Crippen LogP contribution in [0.5, 0.6) is 0 Å². The van der Waals surface area contributed by atoms with Crippen molar-refractivity contribution >= 4 is 22.9 Å². The van der Waals surface area contributed by atoms with E-state index in [2.05, 4.69) is 20.3 Å². The molecule has 0 bridgehead atoms. The topological polar surface area (TPSA) is 120 Å². The molecule has 0 unspecified atom stereocenters. The van der Waals surface area contributed by atoms with E-state index in [1.807, 2.05) is 16.8 Å². The molecule has 0 saturated carbocycles. The molecule has 0 aliphatic rings. The maximum atomic E-state index is 12.8. The van der Waals surface area contributed by atoms with Gasteiger partial charge < -0.3 is 9.88 Å². The molecule has 0 fully saturated rings. The third-order valence-corrected chi connectivity index (χ3v) is 4.84. The normalized spacial score (nSPS) is 11.1. The van der Waals surface area contributed by atoms with E-state index in [9.17, 15) is 14.4 Å². The van der Waals surface area contributed by atoms with Gasteiger partial charge in [-0.25, -0.2) is 9.78 Å². The van der Waals surface area contributed by atoms with Crippen LogP contribution in [0.4, 0.5) is 5.95 Å². The van der Waals surface area contributed by atoms with E-state index in [1.165, 1.54) is 16.2 Å². The lowest BCUT2D eigenvalue weighted by atomic mass is 10.1. The summed E-state index contributed by atoms with van der Waals surface area (Å²) in [5.74, 6) is 0.205. The monoisotopic (exact) mass is 407 g/mol. The second kappa shape index (κ2) is 8.19. The number of nitrogens with zero attached hydrogens (tertiary/aromatic N) is 5. The van der Waals surface area contributed by atoms with Crippen molar-refractivity contribution in [1.82, 2.24) is 28.7 Å². The standard InChI is InChI=1S/C20H21N7O3/c1-25-17-16(18(29)24-20(25)30)27(12-15(28)14-6-3-2-4-7-14)19(23-17)22-8-5-10-26-11-9-21-13-26/h2-4,6-7,9,11,13H,5,8,10,12H2,1H3,(H,22,23)(H,24,29,30). The first-order valence-corrected chi connectivity index (χ1v) is 9.52. The Morgan fingerprint density at radius 3 is 2.73 bits per heavy atom. The molecule has 0 saturated heterocycles. The minimum absolute atomic E-state index is 0.0777. The molecule has 30 heavy (non-hydrogen) atoms. The van der Waals surface area contributed by atoms with Gasteiger partial charge in [-0.1, -0.05) is 30.3 Å². The van der Waals surface area contributed by atoms with Gasteiger partial charge in [-0.2, -0.15) is 4.98 Å². The fraction of sp³-hybridized carbons (Fsp3) is 0.250. The average Bonchev–Trinajstić information content (AvgIpc) is 3.39. The van der Waals surface area contributed by atoms with Crippen molar-refractivity contribution in [2.24, 2.45) is 7.05 Å². The van der Waals surface area contributed by atoms with Crippen LogP contribution in [0.25, 0.3) is 11.2 Å². The smallest absolute Gasteiger partial charge is 0.329 e. The third kappa shape index (κ3) is 3.79. The zero-order chi connectivity index (χ0) is 21.1. The number of Topliss-reactive ketones (excluding diaryl/α,β-unsaturated/α-hetero) is 1. The maximum Gasteiger partial charge on any atom is 0.329 e. The van der Waals surface area contributed by atoms with Crippen molar-refractivity contribution in [3.05, 3.63) is 75.5 Å². The van der Waals surface area contributed by atoms with Crippen LogP contribution in [0.3, 0.4) is 0 Å². The van der Waals surface area contributed by atoms with Crippen LogP contribution in [0, 0.1) is 0 Å². The molecule has 10 nitrogen and oxygen atoms in total. The number of aromatic nitrogens is 6. The Labute approximate surface area is 170 Å². The summed E-state index contributed by atoms with van der Waals surface area (Å²) < 4.78 is 4.75. The van der Waals surface area contributed by atoms with Crippen LogP contribution in [0.1, 0.15) is 16.8 Å². The molecule has 0 atom stereocenters. The van der Waals surface area contributed by atoms with Gasteiger partial charge in [0.1, 0.15) is 0 Å². The molecule has 154 valence electrons. The Kier molecular flexibility index (Phi) is 5.29. The molecule has 0 aliphatic heterocycles. The fourth-order valence-corrected chi connectivity index (χ4v) is 3.26. The molecule has 4 rings (SSSR count). The highest BCUT2D eigenvalue weighted by atomic mass is 16.2. The van der Waals surface area contributed by atoms with Gasteiger partial charge in [-0.05, 0) is 6.42 Å². The number of ketones is 1. The Hall–Kier alpha value is -3.95. The molecule has 2 N–H and O–H groups in total. The summed E-state index contributed by atoms with van der Waals surface area (Å²) in [7, 11) is 1.53. The van der Waals surface area contributed by atoms with Crippen molar-refractivity contribution in [2.45, 2.75) is 19.5 Å². The molecule has 0 radical (unpaired) electrons. The molecule has 10 heteroatoms. The van der Waals surface area contributed by atoms with Crippen LogP contribution >= 0.6 is 0 Å². The first-order chi connectivity index (χ1) is 14.5. The molecule has 0 aliphatic carbocycles. The first kappa shape index (κ1) is 19.4. The number of rotatable bonds is 8. The predicted molar refractivity (Wildman–Crippen MR) is 112 cm³/mol. The zero-order valence-corrected chi connectivity index (χ0v) is 16.4. The number of aromatic amines is 1. The SMILES string of the molecule is Cn1c(=O)[nH]c(=O)c2c1nc(NCCCn1ccnc1)n2CC(=O)c1ccccc1. The summed E-state index contributed by atoms with van der Waals surface area (Å²) in [5, 5.41) is 3.19. The molecule has 3 aromatic heterocycles. The number of anilines is 1.